The van der Waals surface area contributed by atoms with Gasteiger partial charge in [0.1, 0.15) is 0 Å². The van der Waals surface area contributed by atoms with Crippen LogP contribution in [0.15, 0.2) is 23.1 Å². The minimum atomic E-state index is -3.38. The van der Waals surface area contributed by atoms with E-state index in [4.69, 9.17) is 0 Å². The van der Waals surface area contributed by atoms with Gasteiger partial charge in [-0.15, -0.1) is 0 Å². The molecule has 0 radical (unpaired) electrons. The molecule has 0 aromatic heterocycles. The van der Waals surface area contributed by atoms with Crippen LogP contribution in [0.5, 0.6) is 0 Å². The molecule has 1 aromatic rings. The van der Waals surface area contributed by atoms with Gasteiger partial charge in [-0.3, -0.25) is 0 Å². The molecule has 3 rings (SSSR count). The molecule has 1 aliphatic carbocycles. The maximum absolute atomic E-state index is 12.4. The van der Waals surface area contributed by atoms with Crippen molar-refractivity contribution >= 4 is 15.7 Å². The summed E-state index contributed by atoms with van der Waals surface area (Å²) in [6.07, 6.45) is 4.08. The normalized spacial score (nSPS) is 26.2. The maximum Gasteiger partial charge on any atom is 0.240 e. The highest BCUT2D eigenvalue weighted by molar-refractivity contribution is 7.89. The fraction of sp³-hybridized carbons (Fsp3) is 0.571. The van der Waals surface area contributed by atoms with Gasteiger partial charge >= 0.3 is 0 Å². The number of sulfonamides is 1. The highest BCUT2D eigenvalue weighted by Crippen LogP contribution is 2.28. The van der Waals surface area contributed by atoms with Crippen LogP contribution in [0.3, 0.4) is 0 Å². The van der Waals surface area contributed by atoms with Gasteiger partial charge in [0.15, 0.2) is 0 Å². The summed E-state index contributed by atoms with van der Waals surface area (Å²) >= 11 is 0. The largest absolute Gasteiger partial charge is 0.384 e. The predicted molar refractivity (Wildman–Crippen MR) is 75.8 cm³/mol. The Morgan fingerprint density at radius 3 is 2.89 bits per heavy atom. The van der Waals surface area contributed by atoms with Crippen LogP contribution in [0.4, 0.5) is 5.69 Å². The average molecular weight is 280 g/mol. The van der Waals surface area contributed by atoms with Crippen LogP contribution in [0.1, 0.15) is 31.7 Å². The smallest absolute Gasteiger partial charge is 0.240 e. The summed E-state index contributed by atoms with van der Waals surface area (Å²) in [6.45, 7) is 3.01. The maximum atomic E-state index is 12.4. The summed E-state index contributed by atoms with van der Waals surface area (Å²) < 4.78 is 27.7. The van der Waals surface area contributed by atoms with Gasteiger partial charge in [0.05, 0.1) is 4.90 Å². The molecular weight excluding hydrogens is 260 g/mol. The monoisotopic (exact) mass is 280 g/mol. The third-order valence-corrected chi connectivity index (χ3v) is 5.75. The van der Waals surface area contributed by atoms with Crippen LogP contribution >= 0.6 is 0 Å². The average Bonchev–Trinajstić information content (AvgIpc) is 2.97. The molecule has 2 atom stereocenters. The molecule has 0 amide bonds. The number of nitrogens with one attached hydrogen (secondary N) is 2. The van der Waals surface area contributed by atoms with Crippen molar-refractivity contribution in [3.05, 3.63) is 23.8 Å². The van der Waals surface area contributed by atoms with E-state index < -0.39 is 10.0 Å². The Balaban J connectivity index is 1.84. The van der Waals surface area contributed by atoms with Crippen molar-refractivity contribution < 1.29 is 8.42 Å². The zero-order chi connectivity index (χ0) is 13.5. The Hall–Kier alpha value is -1.07. The second-order valence-corrected chi connectivity index (χ2v) is 7.35. The molecule has 1 fully saturated rings. The summed E-state index contributed by atoms with van der Waals surface area (Å²) in [6, 6.07) is 5.46. The second kappa shape index (κ2) is 4.80. The minimum absolute atomic E-state index is 0.0939. The Morgan fingerprint density at radius 1 is 1.32 bits per heavy atom. The molecule has 104 valence electrons. The van der Waals surface area contributed by atoms with Crippen molar-refractivity contribution in [1.82, 2.24) is 4.72 Å². The molecule has 0 bridgehead atoms. The molecule has 1 aliphatic heterocycles. The van der Waals surface area contributed by atoms with Gasteiger partial charge in [-0.25, -0.2) is 13.1 Å². The Morgan fingerprint density at radius 2 is 2.16 bits per heavy atom. The molecule has 5 heteroatoms. The fourth-order valence-electron chi connectivity index (χ4n) is 3.04. The number of anilines is 1. The standard InChI is InChI=1S/C14H20N2O2S/c1-10-3-2-4-13(10)16-19(17,18)12-5-6-14-11(9-12)7-8-15-14/h5-6,9-10,13,15-16H,2-4,7-8H2,1H3. The molecule has 2 unspecified atom stereocenters. The summed E-state index contributed by atoms with van der Waals surface area (Å²) in [5.41, 5.74) is 2.16. The molecule has 1 aromatic carbocycles. The molecular formula is C14H20N2O2S. The van der Waals surface area contributed by atoms with E-state index in [0.29, 0.717) is 10.8 Å². The highest BCUT2D eigenvalue weighted by Gasteiger charge is 2.28. The van der Waals surface area contributed by atoms with E-state index in [1.54, 1.807) is 12.1 Å². The van der Waals surface area contributed by atoms with Crippen LogP contribution < -0.4 is 10.0 Å². The first kappa shape index (κ1) is 12.9. The zero-order valence-corrected chi connectivity index (χ0v) is 12.0. The van der Waals surface area contributed by atoms with Crippen molar-refractivity contribution in [1.29, 1.82) is 0 Å². The van der Waals surface area contributed by atoms with Crippen LogP contribution in [-0.2, 0) is 16.4 Å². The number of fused-ring (bicyclic) bond motifs is 1. The highest BCUT2D eigenvalue weighted by atomic mass is 32.2. The van der Waals surface area contributed by atoms with Crippen molar-refractivity contribution in [2.24, 2.45) is 5.92 Å². The van der Waals surface area contributed by atoms with Gasteiger partial charge in [0.25, 0.3) is 0 Å². The quantitative estimate of drug-likeness (QED) is 0.891. The van der Waals surface area contributed by atoms with Gasteiger partial charge in [-0.1, -0.05) is 13.3 Å². The van der Waals surface area contributed by atoms with Crippen molar-refractivity contribution in [3.8, 4) is 0 Å². The summed E-state index contributed by atoms with van der Waals surface area (Å²) in [5.74, 6) is 0.436. The van der Waals surface area contributed by atoms with Gasteiger partial charge < -0.3 is 5.32 Å². The lowest BCUT2D eigenvalue weighted by Gasteiger charge is -2.17. The lowest BCUT2D eigenvalue weighted by molar-refractivity contribution is 0.476. The Kier molecular flexibility index (Phi) is 3.27. The van der Waals surface area contributed by atoms with E-state index in [1.807, 2.05) is 6.07 Å². The number of hydrogen-bond acceptors (Lipinski definition) is 3. The van der Waals surface area contributed by atoms with E-state index in [9.17, 15) is 8.42 Å². The SMILES string of the molecule is CC1CCCC1NS(=O)(=O)c1ccc2c(c1)CCN2. The summed E-state index contributed by atoms with van der Waals surface area (Å²) in [5, 5.41) is 3.24. The van der Waals surface area contributed by atoms with Gasteiger partial charge in [-0.05, 0) is 48.9 Å². The molecule has 2 N–H and O–H groups in total. The lowest BCUT2D eigenvalue weighted by atomic mass is 10.1. The van der Waals surface area contributed by atoms with Crippen LogP contribution in [-0.4, -0.2) is 21.0 Å². The Labute approximate surface area is 114 Å². The molecule has 2 aliphatic rings. The third kappa shape index (κ3) is 2.49. The summed E-state index contributed by atoms with van der Waals surface area (Å²) in [4.78, 5) is 0.397. The van der Waals surface area contributed by atoms with Crippen molar-refractivity contribution in [2.75, 3.05) is 11.9 Å². The number of benzene rings is 1. The molecule has 1 heterocycles. The van der Waals surface area contributed by atoms with E-state index in [-0.39, 0.29) is 6.04 Å². The predicted octanol–water partition coefficient (Wildman–Crippen LogP) is 2.12. The van der Waals surface area contributed by atoms with E-state index >= 15 is 0 Å². The molecule has 1 saturated carbocycles. The fourth-order valence-corrected chi connectivity index (χ4v) is 4.47. The van der Waals surface area contributed by atoms with E-state index in [1.165, 1.54) is 0 Å². The first-order valence-corrected chi connectivity index (χ1v) is 8.44. The topological polar surface area (TPSA) is 58.2 Å². The van der Waals surface area contributed by atoms with Crippen molar-refractivity contribution in [2.45, 2.75) is 43.5 Å². The van der Waals surface area contributed by atoms with Crippen LogP contribution in [0.25, 0.3) is 0 Å². The van der Waals surface area contributed by atoms with Crippen molar-refractivity contribution in [3.63, 3.8) is 0 Å². The molecule has 19 heavy (non-hydrogen) atoms. The molecule has 0 saturated heterocycles. The minimum Gasteiger partial charge on any atom is -0.384 e. The lowest BCUT2D eigenvalue weighted by Crippen LogP contribution is -2.36. The Bertz CT molecular complexity index is 583. The second-order valence-electron chi connectivity index (χ2n) is 5.63. The van der Waals surface area contributed by atoms with E-state index in [0.717, 1.165) is 43.5 Å². The van der Waals surface area contributed by atoms with Gasteiger partial charge in [0.2, 0.25) is 10.0 Å². The molecule has 0 spiro atoms. The first-order valence-electron chi connectivity index (χ1n) is 6.95. The third-order valence-electron chi connectivity index (χ3n) is 4.26. The van der Waals surface area contributed by atoms with Gasteiger partial charge in [-0.2, -0.15) is 0 Å². The number of rotatable bonds is 3. The zero-order valence-electron chi connectivity index (χ0n) is 11.1. The van der Waals surface area contributed by atoms with E-state index in [2.05, 4.69) is 17.0 Å². The number of hydrogen-bond donors (Lipinski definition) is 2. The summed E-state index contributed by atoms with van der Waals surface area (Å²) in [7, 11) is -3.38. The van der Waals surface area contributed by atoms with Gasteiger partial charge in [0, 0.05) is 18.3 Å². The van der Waals surface area contributed by atoms with Crippen LogP contribution in [0.2, 0.25) is 0 Å². The first-order chi connectivity index (χ1) is 9.06. The molecule has 4 nitrogen and oxygen atoms in total. The van der Waals surface area contributed by atoms with Crippen LogP contribution in [0, 0.1) is 5.92 Å².